The van der Waals surface area contributed by atoms with Crippen molar-refractivity contribution < 1.29 is 4.79 Å². The van der Waals surface area contributed by atoms with Crippen LogP contribution in [0, 0.1) is 0 Å². The van der Waals surface area contributed by atoms with Crippen LogP contribution in [0.4, 0.5) is 0 Å². The number of nitrogens with one attached hydrogen (secondary N) is 1. The second-order valence-electron chi connectivity index (χ2n) is 4.91. The average Bonchev–Trinajstić information content (AvgIpc) is 2.86. The Labute approximate surface area is 127 Å². The monoisotopic (exact) mass is 308 g/mol. The molecule has 3 nitrogen and oxygen atoms in total. The molecule has 3 N–H and O–H groups in total. The third-order valence-electron chi connectivity index (χ3n) is 3.21. The van der Waals surface area contributed by atoms with Crippen LogP contribution in [-0.4, -0.2) is 5.91 Å². The van der Waals surface area contributed by atoms with Gasteiger partial charge in [-0.1, -0.05) is 41.9 Å². The Hall–Kier alpha value is -1.36. The number of carbonyl (C=O) groups is 1. The van der Waals surface area contributed by atoms with E-state index in [0.29, 0.717) is 4.34 Å². The zero-order valence-corrected chi connectivity index (χ0v) is 13.0. The second kappa shape index (κ2) is 5.95. The minimum atomic E-state index is -1.06. The minimum absolute atomic E-state index is 0.119. The van der Waals surface area contributed by atoms with Crippen molar-refractivity contribution in [3.8, 4) is 0 Å². The standard InChI is InChI=1S/C15H17ClN2OS/c1-10(12-8-9-13(16)20-12)18-14(19)15(2,17)11-6-4-3-5-7-11/h3-10H,17H2,1-2H3,(H,18,19). The summed E-state index contributed by atoms with van der Waals surface area (Å²) in [6.45, 7) is 3.63. The van der Waals surface area contributed by atoms with Crippen LogP contribution in [0.15, 0.2) is 42.5 Å². The van der Waals surface area contributed by atoms with E-state index in [-0.39, 0.29) is 11.9 Å². The molecule has 0 spiro atoms. The van der Waals surface area contributed by atoms with Crippen LogP contribution in [0.3, 0.4) is 0 Å². The number of amides is 1. The van der Waals surface area contributed by atoms with Gasteiger partial charge in [0.25, 0.3) is 0 Å². The molecule has 0 aliphatic rings. The van der Waals surface area contributed by atoms with Gasteiger partial charge in [-0.3, -0.25) is 4.79 Å². The molecule has 1 heterocycles. The van der Waals surface area contributed by atoms with Gasteiger partial charge in [0.05, 0.1) is 10.4 Å². The van der Waals surface area contributed by atoms with Gasteiger partial charge in [0, 0.05) is 4.88 Å². The summed E-state index contributed by atoms with van der Waals surface area (Å²) in [4.78, 5) is 13.4. The van der Waals surface area contributed by atoms with E-state index in [4.69, 9.17) is 17.3 Å². The van der Waals surface area contributed by atoms with Gasteiger partial charge >= 0.3 is 0 Å². The first-order valence-electron chi connectivity index (χ1n) is 6.32. The van der Waals surface area contributed by atoms with Crippen molar-refractivity contribution in [2.24, 2.45) is 5.73 Å². The van der Waals surface area contributed by atoms with Crippen molar-refractivity contribution in [3.05, 3.63) is 57.2 Å². The fourth-order valence-corrected chi connectivity index (χ4v) is 2.96. The summed E-state index contributed by atoms with van der Waals surface area (Å²) in [7, 11) is 0. The Morgan fingerprint density at radius 2 is 1.95 bits per heavy atom. The van der Waals surface area contributed by atoms with Gasteiger partial charge in [-0.25, -0.2) is 0 Å². The summed E-state index contributed by atoms with van der Waals surface area (Å²) in [5.41, 5.74) is 5.91. The number of hydrogen-bond acceptors (Lipinski definition) is 3. The summed E-state index contributed by atoms with van der Waals surface area (Å²) in [6.07, 6.45) is 0. The van der Waals surface area contributed by atoms with Gasteiger partial charge in [-0.2, -0.15) is 0 Å². The van der Waals surface area contributed by atoms with E-state index < -0.39 is 5.54 Å². The van der Waals surface area contributed by atoms with E-state index >= 15 is 0 Å². The fraction of sp³-hybridized carbons (Fsp3) is 0.267. The lowest BCUT2D eigenvalue weighted by atomic mass is 9.92. The molecule has 0 aliphatic carbocycles. The van der Waals surface area contributed by atoms with Gasteiger partial charge in [0.2, 0.25) is 5.91 Å². The first kappa shape index (κ1) is 15.0. The van der Waals surface area contributed by atoms with Crippen molar-refractivity contribution in [1.29, 1.82) is 0 Å². The van der Waals surface area contributed by atoms with Gasteiger partial charge in [-0.05, 0) is 31.5 Å². The Morgan fingerprint density at radius 3 is 2.50 bits per heavy atom. The molecule has 0 aliphatic heterocycles. The Morgan fingerprint density at radius 1 is 1.30 bits per heavy atom. The maximum Gasteiger partial charge on any atom is 0.244 e. The third-order valence-corrected chi connectivity index (χ3v) is 4.63. The van der Waals surface area contributed by atoms with Crippen molar-refractivity contribution in [2.45, 2.75) is 25.4 Å². The highest BCUT2D eigenvalue weighted by Gasteiger charge is 2.31. The molecule has 2 unspecified atom stereocenters. The van der Waals surface area contributed by atoms with Gasteiger partial charge in [0.1, 0.15) is 5.54 Å². The van der Waals surface area contributed by atoms with Crippen molar-refractivity contribution in [2.75, 3.05) is 0 Å². The van der Waals surface area contributed by atoms with Crippen LogP contribution < -0.4 is 11.1 Å². The molecule has 0 saturated heterocycles. The molecule has 2 aromatic rings. The Balaban J connectivity index is 2.11. The first-order chi connectivity index (χ1) is 9.41. The molecule has 0 radical (unpaired) electrons. The number of carbonyl (C=O) groups excluding carboxylic acids is 1. The lowest BCUT2D eigenvalue weighted by molar-refractivity contribution is -0.126. The van der Waals surface area contributed by atoms with E-state index in [9.17, 15) is 4.79 Å². The van der Waals surface area contributed by atoms with Gasteiger partial charge in [0.15, 0.2) is 0 Å². The number of rotatable bonds is 4. The Bertz CT molecular complexity index is 595. The fourth-order valence-electron chi connectivity index (χ4n) is 1.89. The summed E-state index contributed by atoms with van der Waals surface area (Å²) in [5, 5.41) is 2.94. The van der Waals surface area contributed by atoms with E-state index in [1.807, 2.05) is 49.4 Å². The highest BCUT2D eigenvalue weighted by atomic mass is 35.5. The lowest BCUT2D eigenvalue weighted by Gasteiger charge is -2.26. The molecule has 2 rings (SSSR count). The van der Waals surface area contributed by atoms with E-state index in [0.717, 1.165) is 10.4 Å². The zero-order valence-electron chi connectivity index (χ0n) is 11.4. The molecule has 5 heteroatoms. The highest BCUT2D eigenvalue weighted by molar-refractivity contribution is 7.16. The molecule has 0 bridgehead atoms. The summed E-state index contributed by atoms with van der Waals surface area (Å²) in [6, 6.07) is 13.0. The predicted octanol–water partition coefficient (Wildman–Crippen LogP) is 3.45. The zero-order chi connectivity index (χ0) is 14.8. The third kappa shape index (κ3) is 3.20. The Kier molecular flexibility index (Phi) is 4.48. The van der Waals surface area contributed by atoms with E-state index in [2.05, 4.69) is 5.32 Å². The molecule has 0 saturated carbocycles. The summed E-state index contributed by atoms with van der Waals surface area (Å²) in [5.74, 6) is -0.208. The number of hydrogen-bond donors (Lipinski definition) is 2. The molecule has 1 amide bonds. The normalized spacial score (nSPS) is 15.4. The molecular weight excluding hydrogens is 292 g/mol. The quantitative estimate of drug-likeness (QED) is 0.909. The highest BCUT2D eigenvalue weighted by Crippen LogP contribution is 2.27. The smallest absolute Gasteiger partial charge is 0.244 e. The average molecular weight is 309 g/mol. The molecule has 1 aromatic heterocycles. The van der Waals surface area contributed by atoms with Gasteiger partial charge in [-0.15, -0.1) is 11.3 Å². The predicted molar refractivity (Wildman–Crippen MR) is 83.9 cm³/mol. The second-order valence-corrected chi connectivity index (χ2v) is 6.65. The number of nitrogens with two attached hydrogens (primary N) is 1. The van der Waals surface area contributed by atoms with Crippen molar-refractivity contribution in [3.63, 3.8) is 0 Å². The number of benzene rings is 1. The molecule has 2 atom stereocenters. The van der Waals surface area contributed by atoms with Crippen LogP contribution in [0.5, 0.6) is 0 Å². The lowest BCUT2D eigenvalue weighted by Crippen LogP contribution is -2.49. The molecule has 20 heavy (non-hydrogen) atoms. The van der Waals surface area contributed by atoms with Crippen LogP contribution in [0.2, 0.25) is 4.34 Å². The van der Waals surface area contributed by atoms with Crippen molar-refractivity contribution >= 4 is 28.8 Å². The maximum atomic E-state index is 12.4. The van der Waals surface area contributed by atoms with Crippen LogP contribution >= 0.6 is 22.9 Å². The number of halogens is 1. The van der Waals surface area contributed by atoms with Crippen LogP contribution in [-0.2, 0) is 10.3 Å². The first-order valence-corrected chi connectivity index (χ1v) is 7.51. The minimum Gasteiger partial charge on any atom is -0.347 e. The summed E-state index contributed by atoms with van der Waals surface area (Å²) >= 11 is 7.36. The molecule has 0 fully saturated rings. The van der Waals surface area contributed by atoms with Crippen LogP contribution in [0.25, 0.3) is 0 Å². The molecule has 106 valence electrons. The van der Waals surface area contributed by atoms with Crippen molar-refractivity contribution in [1.82, 2.24) is 5.32 Å². The van der Waals surface area contributed by atoms with E-state index in [1.165, 1.54) is 11.3 Å². The molecular formula is C15H17ClN2OS. The topological polar surface area (TPSA) is 55.1 Å². The SMILES string of the molecule is CC(NC(=O)C(C)(N)c1ccccc1)c1ccc(Cl)s1. The van der Waals surface area contributed by atoms with E-state index in [1.54, 1.807) is 6.92 Å². The maximum absolute atomic E-state index is 12.4. The largest absolute Gasteiger partial charge is 0.347 e. The van der Waals surface area contributed by atoms with Crippen LogP contribution in [0.1, 0.15) is 30.3 Å². The van der Waals surface area contributed by atoms with Gasteiger partial charge < -0.3 is 11.1 Å². The molecule has 1 aromatic carbocycles. The number of thiophene rings is 1. The summed E-state index contributed by atoms with van der Waals surface area (Å²) < 4.78 is 0.708.